The molecule has 0 aliphatic carbocycles. The third-order valence-electron chi connectivity index (χ3n) is 1.76. The van der Waals surface area contributed by atoms with Gasteiger partial charge in [-0.2, -0.15) is 5.10 Å². The van der Waals surface area contributed by atoms with Crippen LogP contribution in [0.25, 0.3) is 0 Å². The Morgan fingerprint density at radius 3 is 2.85 bits per heavy atom. The molecule has 0 saturated heterocycles. The quantitative estimate of drug-likeness (QED) is 0.650. The zero-order chi connectivity index (χ0) is 9.84. The van der Waals surface area contributed by atoms with E-state index >= 15 is 0 Å². The molecule has 0 bridgehead atoms. The molecule has 0 fully saturated rings. The Balaban J connectivity index is 2.63. The molecule has 1 heterocycles. The van der Waals surface area contributed by atoms with Gasteiger partial charge in [-0.05, 0) is 13.8 Å². The van der Waals surface area contributed by atoms with Gasteiger partial charge in [-0.1, -0.05) is 0 Å². The fraction of sp³-hybridized carbons (Fsp3) is 0.556. The molecular weight excluding hydrogens is 168 g/mol. The first-order valence-electron chi connectivity index (χ1n) is 4.28. The number of rotatable bonds is 3. The van der Waals surface area contributed by atoms with E-state index in [0.717, 1.165) is 11.3 Å². The van der Waals surface area contributed by atoms with Crippen molar-refractivity contribution in [3.63, 3.8) is 0 Å². The van der Waals surface area contributed by atoms with E-state index in [-0.39, 0.29) is 5.97 Å². The topological polar surface area (TPSA) is 44.1 Å². The first-order chi connectivity index (χ1) is 6.13. The first-order valence-corrected chi connectivity index (χ1v) is 4.28. The van der Waals surface area contributed by atoms with Crippen LogP contribution in [0.15, 0.2) is 6.20 Å². The van der Waals surface area contributed by atoms with Crippen molar-refractivity contribution < 1.29 is 9.53 Å². The predicted molar refractivity (Wildman–Crippen MR) is 48.3 cm³/mol. The van der Waals surface area contributed by atoms with E-state index < -0.39 is 0 Å². The lowest BCUT2D eigenvalue weighted by atomic mass is 10.2. The average Bonchev–Trinajstić information content (AvgIpc) is 2.30. The van der Waals surface area contributed by atoms with Gasteiger partial charge < -0.3 is 4.74 Å². The van der Waals surface area contributed by atoms with Gasteiger partial charge >= 0.3 is 5.97 Å². The van der Waals surface area contributed by atoms with E-state index in [1.165, 1.54) is 0 Å². The van der Waals surface area contributed by atoms with E-state index in [0.29, 0.717) is 13.0 Å². The third-order valence-corrected chi connectivity index (χ3v) is 1.76. The number of carbonyl (C=O) groups excluding carboxylic acids is 1. The van der Waals surface area contributed by atoms with E-state index in [9.17, 15) is 4.79 Å². The van der Waals surface area contributed by atoms with Gasteiger partial charge in [-0.15, -0.1) is 0 Å². The van der Waals surface area contributed by atoms with Crippen LogP contribution in [0.1, 0.15) is 18.2 Å². The highest BCUT2D eigenvalue weighted by atomic mass is 16.5. The average molecular weight is 182 g/mol. The zero-order valence-electron chi connectivity index (χ0n) is 8.20. The fourth-order valence-corrected chi connectivity index (χ4v) is 1.19. The van der Waals surface area contributed by atoms with Crippen LogP contribution in [0.5, 0.6) is 0 Å². The zero-order valence-corrected chi connectivity index (χ0v) is 8.20. The molecule has 4 nitrogen and oxygen atoms in total. The number of ether oxygens (including phenoxy) is 1. The lowest BCUT2D eigenvalue weighted by Crippen LogP contribution is -2.07. The lowest BCUT2D eigenvalue weighted by Gasteiger charge is -1.99. The highest BCUT2D eigenvalue weighted by Gasteiger charge is 2.08. The third kappa shape index (κ3) is 2.57. The summed E-state index contributed by atoms with van der Waals surface area (Å²) in [6, 6.07) is 0. The van der Waals surface area contributed by atoms with Crippen molar-refractivity contribution in [1.82, 2.24) is 9.78 Å². The maximum Gasteiger partial charge on any atom is 0.310 e. The molecule has 0 atom stereocenters. The molecule has 0 spiro atoms. The molecule has 13 heavy (non-hydrogen) atoms. The highest BCUT2D eigenvalue weighted by molar-refractivity contribution is 5.72. The summed E-state index contributed by atoms with van der Waals surface area (Å²) in [6.45, 7) is 4.11. The normalized spacial score (nSPS) is 10.1. The Morgan fingerprint density at radius 2 is 2.38 bits per heavy atom. The second-order valence-corrected chi connectivity index (χ2v) is 2.90. The van der Waals surface area contributed by atoms with Crippen LogP contribution >= 0.6 is 0 Å². The molecule has 72 valence electrons. The Hall–Kier alpha value is -1.32. The van der Waals surface area contributed by atoms with Gasteiger partial charge in [0.2, 0.25) is 0 Å². The summed E-state index contributed by atoms with van der Waals surface area (Å²) in [4.78, 5) is 11.1. The van der Waals surface area contributed by atoms with Crippen LogP contribution in [-0.2, 0) is 23.0 Å². The second kappa shape index (κ2) is 4.07. The van der Waals surface area contributed by atoms with Gasteiger partial charge in [0, 0.05) is 18.8 Å². The van der Waals surface area contributed by atoms with Crippen LogP contribution in [0, 0.1) is 6.92 Å². The number of esters is 1. The molecular formula is C9H14N2O2. The number of aryl methyl sites for hydroxylation is 2. The molecule has 0 unspecified atom stereocenters. The van der Waals surface area contributed by atoms with Gasteiger partial charge in [-0.3, -0.25) is 9.48 Å². The summed E-state index contributed by atoms with van der Waals surface area (Å²) in [5.74, 6) is -0.196. The van der Waals surface area contributed by atoms with E-state index in [4.69, 9.17) is 4.74 Å². The largest absolute Gasteiger partial charge is 0.466 e. The highest BCUT2D eigenvalue weighted by Crippen LogP contribution is 2.05. The minimum atomic E-state index is -0.196. The summed E-state index contributed by atoms with van der Waals surface area (Å²) in [7, 11) is 1.83. The molecule has 0 N–H and O–H groups in total. The summed E-state index contributed by atoms with van der Waals surface area (Å²) < 4.78 is 6.53. The van der Waals surface area contributed by atoms with Gasteiger partial charge in [0.1, 0.15) is 0 Å². The molecule has 0 aliphatic rings. The Labute approximate surface area is 77.5 Å². The molecule has 0 radical (unpaired) electrons. The van der Waals surface area contributed by atoms with Crippen molar-refractivity contribution in [1.29, 1.82) is 0 Å². The lowest BCUT2D eigenvalue weighted by molar-refractivity contribution is -0.142. The Kier molecular flexibility index (Phi) is 3.06. The molecule has 0 amide bonds. The van der Waals surface area contributed by atoms with E-state index in [1.54, 1.807) is 11.6 Å². The SMILES string of the molecule is CCOC(=O)Cc1cn(C)nc1C. The number of aromatic nitrogens is 2. The first kappa shape index (κ1) is 9.77. The van der Waals surface area contributed by atoms with Crippen molar-refractivity contribution >= 4 is 5.97 Å². The molecule has 1 rings (SSSR count). The van der Waals surface area contributed by atoms with Crippen molar-refractivity contribution in [3.8, 4) is 0 Å². The maximum absolute atomic E-state index is 11.1. The van der Waals surface area contributed by atoms with Crippen molar-refractivity contribution in [2.24, 2.45) is 7.05 Å². The van der Waals surface area contributed by atoms with Crippen LogP contribution in [0.4, 0.5) is 0 Å². The molecule has 4 heteroatoms. The van der Waals surface area contributed by atoms with E-state index in [2.05, 4.69) is 5.10 Å². The second-order valence-electron chi connectivity index (χ2n) is 2.90. The van der Waals surface area contributed by atoms with Crippen molar-refractivity contribution in [3.05, 3.63) is 17.5 Å². The number of hydrogen-bond donors (Lipinski definition) is 0. The standard InChI is InChI=1S/C9H14N2O2/c1-4-13-9(12)5-8-6-11(3)10-7(8)2/h6H,4-5H2,1-3H3. The smallest absolute Gasteiger partial charge is 0.310 e. The van der Waals surface area contributed by atoms with Gasteiger partial charge in [0.25, 0.3) is 0 Å². The molecule has 1 aromatic heterocycles. The van der Waals surface area contributed by atoms with E-state index in [1.807, 2.05) is 20.2 Å². The number of carbonyl (C=O) groups is 1. The molecule has 0 aromatic carbocycles. The van der Waals surface area contributed by atoms with Gasteiger partial charge in [-0.25, -0.2) is 0 Å². The molecule has 0 saturated carbocycles. The van der Waals surface area contributed by atoms with Crippen LogP contribution in [-0.4, -0.2) is 22.4 Å². The number of nitrogens with zero attached hydrogens (tertiary/aromatic N) is 2. The van der Waals surface area contributed by atoms with Crippen molar-refractivity contribution in [2.45, 2.75) is 20.3 Å². The summed E-state index contributed by atoms with van der Waals surface area (Å²) in [5, 5.41) is 4.13. The van der Waals surface area contributed by atoms with Crippen LogP contribution in [0.2, 0.25) is 0 Å². The monoisotopic (exact) mass is 182 g/mol. The Bertz CT molecular complexity index is 305. The predicted octanol–water partition coefficient (Wildman–Crippen LogP) is 0.834. The Morgan fingerprint density at radius 1 is 1.69 bits per heavy atom. The van der Waals surface area contributed by atoms with Gasteiger partial charge in [0.05, 0.1) is 18.7 Å². The van der Waals surface area contributed by atoms with Crippen molar-refractivity contribution in [2.75, 3.05) is 6.61 Å². The fourth-order valence-electron chi connectivity index (χ4n) is 1.19. The van der Waals surface area contributed by atoms with Gasteiger partial charge in [0.15, 0.2) is 0 Å². The van der Waals surface area contributed by atoms with Crippen LogP contribution in [0.3, 0.4) is 0 Å². The maximum atomic E-state index is 11.1. The molecule has 0 aliphatic heterocycles. The minimum absolute atomic E-state index is 0.196. The van der Waals surface area contributed by atoms with Crippen LogP contribution < -0.4 is 0 Å². The number of hydrogen-bond acceptors (Lipinski definition) is 3. The molecule has 1 aromatic rings. The summed E-state index contributed by atoms with van der Waals surface area (Å²) in [5.41, 5.74) is 1.82. The minimum Gasteiger partial charge on any atom is -0.466 e. The summed E-state index contributed by atoms with van der Waals surface area (Å²) in [6.07, 6.45) is 2.15. The summed E-state index contributed by atoms with van der Waals surface area (Å²) >= 11 is 0.